The number of fused-ring (bicyclic) bond motifs is 3. The fourth-order valence-corrected chi connectivity index (χ4v) is 7.51. The second kappa shape index (κ2) is 7.98. The van der Waals surface area contributed by atoms with E-state index in [1.165, 1.54) is 44.1 Å². The molecule has 1 aromatic rings. The Hall–Kier alpha value is -1.33. The Morgan fingerprint density at radius 2 is 2.00 bits per heavy atom. The van der Waals surface area contributed by atoms with Crippen LogP contribution < -0.4 is 5.32 Å². The second-order valence-corrected chi connectivity index (χ2v) is 10.8. The molecule has 6 atom stereocenters. The molecule has 1 aromatic heterocycles. The minimum absolute atomic E-state index is 0.0389. The van der Waals surface area contributed by atoms with Gasteiger partial charge >= 0.3 is 0 Å². The van der Waals surface area contributed by atoms with Crippen LogP contribution in [0.1, 0.15) is 71.6 Å². The molecular weight excluding hydrogens is 376 g/mol. The summed E-state index contributed by atoms with van der Waals surface area (Å²) < 4.78 is 18.1. The summed E-state index contributed by atoms with van der Waals surface area (Å²) in [6.45, 7) is 11.3. The number of ether oxygens (including phenoxy) is 2. The normalized spacial score (nSPS) is 42.0. The maximum absolute atomic E-state index is 6.69. The van der Waals surface area contributed by atoms with Gasteiger partial charge < -0.3 is 19.3 Å². The summed E-state index contributed by atoms with van der Waals surface area (Å²) >= 11 is 0. The third-order valence-electron chi connectivity index (χ3n) is 9.15. The average molecular weight is 415 g/mol. The molecule has 5 nitrogen and oxygen atoms in total. The van der Waals surface area contributed by atoms with Crippen molar-refractivity contribution in [2.45, 2.75) is 84.0 Å². The van der Waals surface area contributed by atoms with E-state index in [0.29, 0.717) is 23.9 Å². The molecule has 0 amide bonds. The lowest BCUT2D eigenvalue weighted by atomic mass is 9.46. The van der Waals surface area contributed by atoms with Gasteiger partial charge in [0, 0.05) is 17.9 Å². The van der Waals surface area contributed by atoms with Crippen LogP contribution in [0.15, 0.2) is 29.1 Å². The monoisotopic (exact) mass is 414 g/mol. The number of hydrogen-bond donors (Lipinski definition) is 1. The van der Waals surface area contributed by atoms with Gasteiger partial charge in [0.2, 0.25) is 0 Å². The topological polar surface area (TPSA) is 56.5 Å². The number of hydrogen-bond acceptors (Lipinski definition) is 5. The molecule has 0 radical (unpaired) electrons. The lowest BCUT2D eigenvalue weighted by Crippen LogP contribution is -2.62. The molecule has 1 unspecified atom stereocenters. The van der Waals surface area contributed by atoms with Gasteiger partial charge in [0.25, 0.3) is 0 Å². The zero-order valence-electron chi connectivity index (χ0n) is 18.7. The summed E-state index contributed by atoms with van der Waals surface area (Å²) in [7, 11) is 0. The Balaban J connectivity index is 1.30. The van der Waals surface area contributed by atoms with Gasteiger partial charge in [-0.05, 0) is 62.2 Å². The minimum Gasteiger partial charge on any atom is -0.381 e. The van der Waals surface area contributed by atoms with Crippen molar-refractivity contribution < 1.29 is 14.0 Å². The zero-order chi connectivity index (χ0) is 20.8. The first-order valence-corrected chi connectivity index (χ1v) is 12.1. The minimum atomic E-state index is 0.0389. The Bertz CT molecular complexity index is 744. The number of nitrogens with one attached hydrogen (secondary N) is 1. The van der Waals surface area contributed by atoms with E-state index >= 15 is 0 Å². The van der Waals surface area contributed by atoms with Gasteiger partial charge in [-0.3, -0.25) is 0 Å². The van der Waals surface area contributed by atoms with E-state index in [2.05, 4.69) is 30.9 Å². The van der Waals surface area contributed by atoms with E-state index in [-0.39, 0.29) is 17.1 Å². The predicted molar refractivity (Wildman–Crippen MR) is 117 cm³/mol. The van der Waals surface area contributed by atoms with Crippen LogP contribution in [0.5, 0.6) is 0 Å². The van der Waals surface area contributed by atoms with Crippen molar-refractivity contribution in [1.29, 1.82) is 0 Å². The molecule has 3 aliphatic carbocycles. The van der Waals surface area contributed by atoms with Crippen molar-refractivity contribution in [3.05, 3.63) is 24.6 Å². The standard InChI is InChI=1S/C25H38N2O3/c1-17-8-9-21-24(2,20(17)11-13-26-19-14-27-29-15-19)12-10-22-25(21,3)16-28-23(30-22)18-6-4-5-7-18/h14-15,18,20-23,26H,1,4-13,16H2,2-3H3/t20-,21?,22-,23-,24+,25+/m1/s1. The molecule has 4 fully saturated rings. The largest absolute Gasteiger partial charge is 0.381 e. The van der Waals surface area contributed by atoms with Crippen molar-refractivity contribution in [1.82, 2.24) is 5.16 Å². The number of rotatable bonds is 5. The van der Waals surface area contributed by atoms with E-state index in [1.54, 1.807) is 12.5 Å². The van der Waals surface area contributed by atoms with Crippen LogP contribution >= 0.6 is 0 Å². The molecule has 1 N–H and O–H groups in total. The highest BCUT2D eigenvalue weighted by Crippen LogP contribution is 2.63. The Morgan fingerprint density at radius 1 is 1.17 bits per heavy atom. The number of nitrogens with zero attached hydrogens (tertiary/aromatic N) is 1. The van der Waals surface area contributed by atoms with Crippen molar-refractivity contribution >= 4 is 5.69 Å². The van der Waals surface area contributed by atoms with Crippen molar-refractivity contribution in [2.75, 3.05) is 18.5 Å². The summed E-state index contributed by atoms with van der Waals surface area (Å²) in [6, 6.07) is 0. The number of aromatic nitrogens is 1. The maximum atomic E-state index is 6.69. The molecule has 3 saturated carbocycles. The molecule has 5 heteroatoms. The molecule has 166 valence electrons. The summed E-state index contributed by atoms with van der Waals surface area (Å²) in [5.41, 5.74) is 2.78. The number of allylic oxidation sites excluding steroid dienone is 1. The van der Waals surface area contributed by atoms with Crippen molar-refractivity contribution in [2.24, 2.45) is 28.6 Å². The Morgan fingerprint density at radius 3 is 2.77 bits per heavy atom. The van der Waals surface area contributed by atoms with Crippen LogP contribution in [0.2, 0.25) is 0 Å². The first-order valence-electron chi connectivity index (χ1n) is 12.1. The van der Waals surface area contributed by atoms with Gasteiger partial charge in [0.1, 0.15) is 6.26 Å². The smallest absolute Gasteiger partial charge is 0.160 e. The molecule has 30 heavy (non-hydrogen) atoms. The number of anilines is 1. The fourth-order valence-electron chi connectivity index (χ4n) is 7.51. The van der Waals surface area contributed by atoms with Crippen LogP contribution in [0.3, 0.4) is 0 Å². The lowest BCUT2D eigenvalue weighted by molar-refractivity contribution is -0.316. The summed E-state index contributed by atoms with van der Waals surface area (Å²) in [6.07, 6.45) is 14.8. The second-order valence-electron chi connectivity index (χ2n) is 10.8. The van der Waals surface area contributed by atoms with E-state index < -0.39 is 0 Å². The van der Waals surface area contributed by atoms with Gasteiger partial charge in [-0.1, -0.05) is 44.0 Å². The maximum Gasteiger partial charge on any atom is 0.160 e. The van der Waals surface area contributed by atoms with Gasteiger partial charge in [0.15, 0.2) is 6.29 Å². The molecule has 1 aliphatic heterocycles. The molecular formula is C25H38N2O3. The van der Waals surface area contributed by atoms with Crippen molar-refractivity contribution in [3.8, 4) is 0 Å². The fraction of sp³-hybridized carbons (Fsp3) is 0.800. The van der Waals surface area contributed by atoms with Gasteiger partial charge in [-0.25, -0.2) is 0 Å². The zero-order valence-corrected chi connectivity index (χ0v) is 18.7. The van der Waals surface area contributed by atoms with E-state index in [4.69, 9.17) is 14.0 Å². The molecule has 0 spiro atoms. The quantitative estimate of drug-likeness (QED) is 0.617. The first-order chi connectivity index (χ1) is 14.5. The molecule has 5 rings (SSSR count). The summed E-state index contributed by atoms with van der Waals surface area (Å²) in [5.74, 6) is 1.78. The van der Waals surface area contributed by atoms with Crippen LogP contribution in [-0.2, 0) is 9.47 Å². The molecule has 4 aliphatic rings. The third-order valence-corrected chi connectivity index (χ3v) is 9.15. The third kappa shape index (κ3) is 3.42. The lowest BCUT2D eigenvalue weighted by Gasteiger charge is -2.63. The van der Waals surface area contributed by atoms with Crippen molar-refractivity contribution in [3.63, 3.8) is 0 Å². The molecule has 0 bridgehead atoms. The van der Waals surface area contributed by atoms with E-state index in [0.717, 1.165) is 38.1 Å². The van der Waals surface area contributed by atoms with E-state index in [9.17, 15) is 0 Å². The van der Waals surface area contributed by atoms with Gasteiger partial charge in [0.05, 0.1) is 24.6 Å². The Kier molecular flexibility index (Phi) is 5.47. The molecule has 2 heterocycles. The first kappa shape index (κ1) is 20.6. The van der Waals surface area contributed by atoms with Crippen LogP contribution in [0, 0.1) is 28.6 Å². The highest BCUT2D eigenvalue weighted by Gasteiger charge is 2.60. The summed E-state index contributed by atoms with van der Waals surface area (Å²) in [4.78, 5) is 0. The Labute approximate surface area is 180 Å². The SMILES string of the molecule is C=C1CCC2[C@]3(C)CO[C@@H](C4CCCC4)O[C@@H]3CC[C@@]2(C)[C@@H]1CCNc1cnoc1. The molecule has 0 aromatic carbocycles. The van der Waals surface area contributed by atoms with Crippen LogP contribution in [-0.4, -0.2) is 30.7 Å². The highest BCUT2D eigenvalue weighted by molar-refractivity contribution is 5.36. The average Bonchev–Trinajstić information content (AvgIpc) is 3.43. The van der Waals surface area contributed by atoms with E-state index in [1.807, 2.05) is 0 Å². The summed E-state index contributed by atoms with van der Waals surface area (Å²) in [5, 5.41) is 7.25. The van der Waals surface area contributed by atoms with Gasteiger partial charge in [-0.15, -0.1) is 0 Å². The molecule has 1 saturated heterocycles. The van der Waals surface area contributed by atoms with Crippen LogP contribution in [0.25, 0.3) is 0 Å². The highest BCUT2D eigenvalue weighted by atomic mass is 16.7. The van der Waals surface area contributed by atoms with Crippen LogP contribution in [0.4, 0.5) is 5.69 Å². The predicted octanol–water partition coefficient (Wildman–Crippen LogP) is 5.80. The van der Waals surface area contributed by atoms with Gasteiger partial charge in [-0.2, -0.15) is 0 Å².